The monoisotopic (exact) mass is 313 g/mol. The zero-order valence-electron chi connectivity index (χ0n) is 11.1. The molecule has 1 aromatic rings. The second kappa shape index (κ2) is 5.82. The maximum atomic E-state index is 11.9. The molecule has 0 radical (unpaired) electrons. The molecule has 1 amide bonds. The van der Waals surface area contributed by atoms with Crippen LogP contribution in [0.25, 0.3) is 0 Å². The molecule has 2 saturated carbocycles. The van der Waals surface area contributed by atoms with E-state index in [0.717, 1.165) is 12.3 Å². The molecule has 108 valence electrons. The molecule has 3 nitrogen and oxygen atoms in total. The standard InChI is InChI=1S/C15H17Cl2NO2/c16-11-3-4-14(12(17)7-11)20-8-15(19)18-13-6-9-1-2-10(13)5-9/h3-4,7,9-10,13H,1-2,5-6,8H2,(H,18,19). The smallest absolute Gasteiger partial charge is 0.258 e. The van der Waals surface area contributed by atoms with Crippen LogP contribution in [0, 0.1) is 11.8 Å². The first-order valence-electron chi connectivity index (χ1n) is 6.99. The number of hydrogen-bond acceptors (Lipinski definition) is 2. The van der Waals surface area contributed by atoms with Gasteiger partial charge in [-0.25, -0.2) is 0 Å². The highest BCUT2D eigenvalue weighted by Crippen LogP contribution is 2.44. The summed E-state index contributed by atoms with van der Waals surface area (Å²) < 4.78 is 5.44. The molecule has 2 fully saturated rings. The maximum Gasteiger partial charge on any atom is 0.258 e. The van der Waals surface area contributed by atoms with Crippen LogP contribution >= 0.6 is 23.2 Å². The van der Waals surface area contributed by atoms with Crippen molar-refractivity contribution in [1.29, 1.82) is 0 Å². The van der Waals surface area contributed by atoms with Gasteiger partial charge in [0, 0.05) is 11.1 Å². The Morgan fingerprint density at radius 2 is 2.15 bits per heavy atom. The van der Waals surface area contributed by atoms with E-state index < -0.39 is 0 Å². The van der Waals surface area contributed by atoms with Gasteiger partial charge >= 0.3 is 0 Å². The number of benzene rings is 1. The van der Waals surface area contributed by atoms with Crippen LogP contribution in [-0.2, 0) is 4.79 Å². The maximum absolute atomic E-state index is 11.9. The summed E-state index contributed by atoms with van der Waals surface area (Å²) in [4.78, 5) is 11.9. The first kappa shape index (κ1) is 14.0. The summed E-state index contributed by atoms with van der Waals surface area (Å²) in [5.74, 6) is 1.90. The number of halogens is 2. The summed E-state index contributed by atoms with van der Waals surface area (Å²) in [6.45, 7) is -0.00472. The van der Waals surface area contributed by atoms with Crippen molar-refractivity contribution in [2.45, 2.75) is 31.7 Å². The summed E-state index contributed by atoms with van der Waals surface area (Å²) in [5.41, 5.74) is 0. The number of amides is 1. The van der Waals surface area contributed by atoms with E-state index in [1.165, 1.54) is 19.3 Å². The van der Waals surface area contributed by atoms with Gasteiger partial charge in [0.2, 0.25) is 0 Å². The summed E-state index contributed by atoms with van der Waals surface area (Å²) in [6.07, 6.45) is 4.97. The van der Waals surface area contributed by atoms with Gasteiger partial charge in [-0.1, -0.05) is 29.6 Å². The van der Waals surface area contributed by atoms with E-state index in [-0.39, 0.29) is 12.5 Å². The minimum absolute atomic E-state index is 0.00472. The van der Waals surface area contributed by atoms with Gasteiger partial charge in [0.05, 0.1) is 5.02 Å². The zero-order chi connectivity index (χ0) is 14.1. The van der Waals surface area contributed by atoms with Crippen LogP contribution in [0.15, 0.2) is 18.2 Å². The van der Waals surface area contributed by atoms with Gasteiger partial charge in [-0.05, 0) is 49.3 Å². The van der Waals surface area contributed by atoms with Crippen molar-refractivity contribution in [2.75, 3.05) is 6.61 Å². The Bertz CT molecular complexity index is 521. The van der Waals surface area contributed by atoms with Crippen LogP contribution in [0.5, 0.6) is 5.75 Å². The van der Waals surface area contributed by atoms with Crippen molar-refractivity contribution in [3.05, 3.63) is 28.2 Å². The molecule has 0 spiro atoms. The summed E-state index contributed by atoms with van der Waals surface area (Å²) in [7, 11) is 0. The number of fused-ring (bicyclic) bond motifs is 2. The third-order valence-electron chi connectivity index (χ3n) is 4.34. The van der Waals surface area contributed by atoms with Gasteiger partial charge in [-0.15, -0.1) is 0 Å². The lowest BCUT2D eigenvalue weighted by atomic mass is 9.95. The second-order valence-electron chi connectivity index (χ2n) is 5.71. The number of nitrogens with one attached hydrogen (secondary N) is 1. The predicted octanol–water partition coefficient (Wildman–Crippen LogP) is 3.68. The molecule has 3 rings (SSSR count). The average Bonchev–Trinajstić information content (AvgIpc) is 3.00. The van der Waals surface area contributed by atoms with E-state index in [1.54, 1.807) is 18.2 Å². The first-order valence-corrected chi connectivity index (χ1v) is 7.74. The molecule has 3 unspecified atom stereocenters. The van der Waals surface area contributed by atoms with Crippen molar-refractivity contribution in [2.24, 2.45) is 11.8 Å². The molecule has 20 heavy (non-hydrogen) atoms. The summed E-state index contributed by atoms with van der Waals surface area (Å²) in [5, 5.41) is 4.05. The zero-order valence-corrected chi connectivity index (χ0v) is 12.6. The van der Waals surface area contributed by atoms with Gasteiger partial charge in [0.15, 0.2) is 6.61 Å². The lowest BCUT2D eigenvalue weighted by Crippen LogP contribution is -2.40. The van der Waals surface area contributed by atoms with Crippen LogP contribution < -0.4 is 10.1 Å². The molecule has 1 N–H and O–H groups in total. The Hall–Kier alpha value is -0.930. The quantitative estimate of drug-likeness (QED) is 0.921. The van der Waals surface area contributed by atoms with Crippen molar-refractivity contribution in [3.63, 3.8) is 0 Å². The summed E-state index contributed by atoms with van der Waals surface area (Å²) >= 11 is 11.8. The second-order valence-corrected chi connectivity index (χ2v) is 6.56. The van der Waals surface area contributed by atoms with Crippen LogP contribution in [0.3, 0.4) is 0 Å². The molecule has 0 aromatic heterocycles. The van der Waals surface area contributed by atoms with Crippen molar-refractivity contribution < 1.29 is 9.53 Å². The number of ether oxygens (including phenoxy) is 1. The van der Waals surface area contributed by atoms with Crippen molar-refractivity contribution in [1.82, 2.24) is 5.32 Å². The molecular weight excluding hydrogens is 297 g/mol. The Morgan fingerprint density at radius 1 is 1.30 bits per heavy atom. The van der Waals surface area contributed by atoms with E-state index in [0.29, 0.717) is 27.8 Å². The van der Waals surface area contributed by atoms with Gasteiger partial charge in [0.25, 0.3) is 5.91 Å². The fourth-order valence-corrected chi connectivity index (χ4v) is 3.87. The Morgan fingerprint density at radius 3 is 2.80 bits per heavy atom. The average molecular weight is 314 g/mol. The SMILES string of the molecule is O=C(COc1ccc(Cl)cc1Cl)NC1CC2CCC1C2. The highest BCUT2D eigenvalue weighted by molar-refractivity contribution is 6.35. The number of carbonyl (C=O) groups is 1. The number of carbonyl (C=O) groups excluding carboxylic acids is 1. The van der Waals surface area contributed by atoms with Crippen molar-refractivity contribution >= 4 is 29.1 Å². The largest absolute Gasteiger partial charge is 0.482 e. The third-order valence-corrected chi connectivity index (χ3v) is 4.87. The lowest BCUT2D eigenvalue weighted by Gasteiger charge is -2.22. The molecule has 0 heterocycles. The molecule has 2 aliphatic rings. The highest BCUT2D eigenvalue weighted by Gasteiger charge is 2.40. The minimum Gasteiger partial charge on any atom is -0.482 e. The van der Waals surface area contributed by atoms with E-state index in [9.17, 15) is 4.79 Å². The molecule has 3 atom stereocenters. The molecule has 0 aliphatic heterocycles. The Labute approximate surface area is 128 Å². The lowest BCUT2D eigenvalue weighted by molar-refractivity contribution is -0.124. The van der Waals surface area contributed by atoms with E-state index in [2.05, 4.69) is 5.32 Å². The highest BCUT2D eigenvalue weighted by atomic mass is 35.5. The summed E-state index contributed by atoms with van der Waals surface area (Å²) in [6, 6.07) is 5.31. The first-order chi connectivity index (χ1) is 9.61. The van der Waals surface area contributed by atoms with Crippen LogP contribution in [-0.4, -0.2) is 18.6 Å². The van der Waals surface area contributed by atoms with Crippen LogP contribution in [0.2, 0.25) is 10.0 Å². The number of hydrogen-bond donors (Lipinski definition) is 1. The molecule has 2 aliphatic carbocycles. The number of rotatable bonds is 4. The molecule has 5 heteroatoms. The normalized spacial score (nSPS) is 27.6. The topological polar surface area (TPSA) is 38.3 Å². The van der Waals surface area contributed by atoms with Crippen molar-refractivity contribution in [3.8, 4) is 5.75 Å². The van der Waals surface area contributed by atoms with E-state index in [4.69, 9.17) is 27.9 Å². The molecule has 0 saturated heterocycles. The minimum atomic E-state index is -0.0754. The Kier molecular flexibility index (Phi) is 4.08. The third kappa shape index (κ3) is 3.04. The van der Waals surface area contributed by atoms with Gasteiger partial charge in [-0.2, -0.15) is 0 Å². The van der Waals surface area contributed by atoms with Gasteiger partial charge in [0.1, 0.15) is 5.75 Å². The van der Waals surface area contributed by atoms with Crippen LogP contribution in [0.1, 0.15) is 25.7 Å². The van der Waals surface area contributed by atoms with Crippen LogP contribution in [0.4, 0.5) is 0 Å². The van der Waals surface area contributed by atoms with Gasteiger partial charge in [-0.3, -0.25) is 4.79 Å². The fraction of sp³-hybridized carbons (Fsp3) is 0.533. The fourth-order valence-electron chi connectivity index (χ4n) is 3.41. The van der Waals surface area contributed by atoms with E-state index >= 15 is 0 Å². The molecule has 1 aromatic carbocycles. The van der Waals surface area contributed by atoms with E-state index in [1.807, 2.05) is 0 Å². The molecular formula is C15H17Cl2NO2. The van der Waals surface area contributed by atoms with Gasteiger partial charge < -0.3 is 10.1 Å². The molecule has 2 bridgehead atoms. The Balaban J connectivity index is 1.49. The predicted molar refractivity (Wildman–Crippen MR) is 79.3 cm³/mol.